The predicted molar refractivity (Wildman–Crippen MR) is 81.6 cm³/mol. The van der Waals surface area contributed by atoms with Gasteiger partial charge in [-0.05, 0) is 53.7 Å². The fourth-order valence-corrected chi connectivity index (χ4v) is 4.27. The second kappa shape index (κ2) is 7.65. The molecule has 0 amide bonds. The minimum Gasteiger partial charge on any atom is -0.466 e. The average molecular weight is 339 g/mol. The summed E-state index contributed by atoms with van der Waals surface area (Å²) < 4.78 is 9.70. The largest absolute Gasteiger partial charge is 0.466 e. The maximum absolute atomic E-state index is 11.8. The molecule has 0 aliphatic rings. The number of rotatable bonds is 7. The average Bonchev–Trinajstić information content (AvgIpc) is 2.21. The number of halogens is 1. The Morgan fingerprint density at radius 1 is 1.17 bits per heavy atom. The van der Waals surface area contributed by atoms with E-state index in [1.807, 2.05) is 13.1 Å². The number of alkyl halides is 1. The fraction of sp³-hybridized carbons (Fsp3) is 0.923. The number of methoxy groups -OCH3 is 1. The molecule has 1 unspecified atom stereocenters. The lowest BCUT2D eigenvalue weighted by molar-refractivity contribution is -0.151. The molecule has 0 rings (SSSR count). The molecule has 5 heteroatoms. The van der Waals surface area contributed by atoms with Crippen molar-refractivity contribution in [3.8, 4) is 0 Å². The van der Waals surface area contributed by atoms with Crippen molar-refractivity contribution in [3.05, 3.63) is 0 Å². The van der Waals surface area contributed by atoms with Crippen molar-refractivity contribution in [1.82, 2.24) is 0 Å². The molecule has 0 N–H and O–H groups in total. The third-order valence-corrected chi connectivity index (χ3v) is 4.71. The Morgan fingerprint density at radius 3 is 2.06 bits per heavy atom. The quantitative estimate of drug-likeness (QED) is 0.306. The Hall–Kier alpha value is 0.127. The topological polar surface area (TPSA) is 35.5 Å². The molecule has 0 heterocycles. The zero-order chi connectivity index (χ0) is 14.4. The van der Waals surface area contributed by atoms with Crippen molar-refractivity contribution in [2.45, 2.75) is 64.1 Å². The summed E-state index contributed by atoms with van der Waals surface area (Å²) in [6, 6.07) is 0. The molecule has 0 saturated carbocycles. The number of esters is 1. The van der Waals surface area contributed by atoms with Gasteiger partial charge in [-0.25, -0.2) is 4.79 Å². The van der Waals surface area contributed by atoms with Crippen LogP contribution in [0, 0.1) is 5.41 Å². The Morgan fingerprint density at radius 2 is 1.67 bits per heavy atom. The van der Waals surface area contributed by atoms with E-state index in [2.05, 4.69) is 36.7 Å². The zero-order valence-corrected chi connectivity index (χ0v) is 15.2. The number of hydrogen-bond donors (Lipinski definition) is 0. The van der Waals surface area contributed by atoms with Gasteiger partial charge in [-0.2, -0.15) is 0 Å². The van der Waals surface area contributed by atoms with Crippen LogP contribution in [0.15, 0.2) is 0 Å². The Bertz CT molecular complexity index is 263. The normalized spacial score (nSPS) is 15.6. The van der Waals surface area contributed by atoms with E-state index in [-0.39, 0.29) is 5.97 Å². The van der Waals surface area contributed by atoms with Gasteiger partial charge < -0.3 is 9.16 Å². The summed E-state index contributed by atoms with van der Waals surface area (Å²) >= 11 is 3.43. The monoisotopic (exact) mass is 338 g/mol. The van der Waals surface area contributed by atoms with Crippen molar-refractivity contribution in [2.75, 3.05) is 7.11 Å². The number of hydrogen-bond acceptors (Lipinski definition) is 3. The van der Waals surface area contributed by atoms with Crippen molar-refractivity contribution < 1.29 is 14.0 Å². The van der Waals surface area contributed by atoms with E-state index in [4.69, 9.17) is 9.16 Å². The summed E-state index contributed by atoms with van der Waals surface area (Å²) in [5, 5.41) is 0. The molecule has 1 atom stereocenters. The van der Waals surface area contributed by atoms with Crippen LogP contribution in [0.25, 0.3) is 0 Å². The van der Waals surface area contributed by atoms with Gasteiger partial charge in [0.25, 0.3) is 0 Å². The Balaban J connectivity index is 4.30. The molecule has 0 spiro atoms. The minimum absolute atomic E-state index is 0.320. The van der Waals surface area contributed by atoms with Gasteiger partial charge in [0.1, 0.15) is 0 Å². The standard InChI is InChI=1S/C13H27BrO3Si/c1-12(2,3)9-7-8-10-13(14,11(15)16-4)17-18(5)6/h18H,7-10H2,1-6H3. The highest BCUT2D eigenvalue weighted by Crippen LogP contribution is 2.31. The summed E-state index contributed by atoms with van der Waals surface area (Å²) in [6.45, 7) is 10.8. The first-order chi connectivity index (χ1) is 8.10. The van der Waals surface area contributed by atoms with E-state index in [9.17, 15) is 4.79 Å². The van der Waals surface area contributed by atoms with Gasteiger partial charge in [-0.3, -0.25) is 0 Å². The molecule has 0 aliphatic heterocycles. The molecular weight excluding hydrogens is 312 g/mol. The van der Waals surface area contributed by atoms with E-state index >= 15 is 0 Å². The van der Waals surface area contributed by atoms with Crippen LogP contribution >= 0.6 is 15.9 Å². The number of carbonyl (C=O) groups excluding carboxylic acids is 1. The van der Waals surface area contributed by atoms with Gasteiger partial charge in [0.15, 0.2) is 9.04 Å². The second-order valence-electron chi connectivity index (χ2n) is 6.15. The summed E-state index contributed by atoms with van der Waals surface area (Å²) in [5.41, 5.74) is 0.341. The first kappa shape index (κ1) is 18.1. The molecule has 0 saturated heterocycles. The highest BCUT2D eigenvalue weighted by atomic mass is 79.9. The Kier molecular flexibility index (Phi) is 7.71. The van der Waals surface area contributed by atoms with Crippen LogP contribution in [0.5, 0.6) is 0 Å². The van der Waals surface area contributed by atoms with Crippen LogP contribution in [0.3, 0.4) is 0 Å². The number of ether oxygens (including phenoxy) is 1. The van der Waals surface area contributed by atoms with Crippen LogP contribution in [-0.4, -0.2) is 26.6 Å². The van der Waals surface area contributed by atoms with Gasteiger partial charge in [0.05, 0.1) is 7.11 Å². The lowest BCUT2D eigenvalue weighted by Crippen LogP contribution is -2.39. The third kappa shape index (κ3) is 7.54. The Labute approximate surface area is 121 Å². The van der Waals surface area contributed by atoms with Crippen molar-refractivity contribution >= 4 is 30.9 Å². The molecule has 108 valence electrons. The summed E-state index contributed by atoms with van der Waals surface area (Å²) in [4.78, 5) is 11.8. The molecule has 0 aliphatic carbocycles. The molecule has 18 heavy (non-hydrogen) atoms. The van der Waals surface area contributed by atoms with Crippen LogP contribution in [0.2, 0.25) is 13.1 Å². The number of carbonyl (C=O) groups is 1. The summed E-state index contributed by atoms with van der Waals surface area (Å²) in [5.74, 6) is -0.320. The fourth-order valence-electron chi connectivity index (χ4n) is 1.74. The molecule has 3 nitrogen and oxygen atoms in total. The molecule has 0 aromatic carbocycles. The second-order valence-corrected chi connectivity index (χ2v) is 9.77. The maximum atomic E-state index is 11.8. The van der Waals surface area contributed by atoms with Crippen LogP contribution in [0.4, 0.5) is 0 Å². The summed E-state index contributed by atoms with van der Waals surface area (Å²) in [7, 11) is 0.103. The third-order valence-electron chi connectivity index (χ3n) is 2.59. The smallest absolute Gasteiger partial charge is 0.348 e. The van der Waals surface area contributed by atoms with Crippen LogP contribution in [-0.2, 0) is 14.0 Å². The molecule has 0 aromatic rings. The van der Waals surface area contributed by atoms with Gasteiger partial charge >= 0.3 is 5.97 Å². The lowest BCUT2D eigenvalue weighted by Gasteiger charge is -2.28. The molecule has 0 bridgehead atoms. The van der Waals surface area contributed by atoms with Gasteiger partial charge in [-0.15, -0.1) is 0 Å². The van der Waals surface area contributed by atoms with E-state index in [1.54, 1.807) is 0 Å². The van der Waals surface area contributed by atoms with Crippen LogP contribution in [0.1, 0.15) is 46.5 Å². The summed E-state index contributed by atoms with van der Waals surface area (Å²) in [6.07, 6.45) is 3.87. The van der Waals surface area contributed by atoms with Crippen molar-refractivity contribution in [2.24, 2.45) is 5.41 Å². The highest BCUT2D eigenvalue weighted by Gasteiger charge is 2.38. The van der Waals surface area contributed by atoms with Gasteiger partial charge in [0, 0.05) is 0 Å². The van der Waals surface area contributed by atoms with Crippen LogP contribution < -0.4 is 0 Å². The molecule has 0 aromatic heterocycles. The molecule has 0 radical (unpaired) electrons. The minimum atomic E-state index is -1.30. The zero-order valence-electron chi connectivity index (χ0n) is 12.5. The van der Waals surface area contributed by atoms with Gasteiger partial charge in [0.2, 0.25) is 4.51 Å². The van der Waals surface area contributed by atoms with Crippen molar-refractivity contribution in [3.63, 3.8) is 0 Å². The van der Waals surface area contributed by atoms with E-state index in [0.717, 1.165) is 19.3 Å². The van der Waals surface area contributed by atoms with E-state index < -0.39 is 13.6 Å². The first-order valence-electron chi connectivity index (χ1n) is 6.56. The van der Waals surface area contributed by atoms with E-state index in [1.165, 1.54) is 7.11 Å². The van der Waals surface area contributed by atoms with Crippen molar-refractivity contribution in [1.29, 1.82) is 0 Å². The molecule has 0 fully saturated rings. The van der Waals surface area contributed by atoms with Gasteiger partial charge in [-0.1, -0.05) is 27.2 Å². The maximum Gasteiger partial charge on any atom is 0.348 e. The predicted octanol–water partition coefficient (Wildman–Crippen LogP) is 3.86. The molecular formula is C13H27BrO3Si. The SMILES string of the molecule is COC(=O)C(Br)(CCCCC(C)(C)C)O[SiH](C)C. The number of unbranched alkanes of at least 4 members (excludes halogenated alkanes) is 1. The lowest BCUT2D eigenvalue weighted by atomic mass is 9.89. The highest BCUT2D eigenvalue weighted by molar-refractivity contribution is 9.10. The first-order valence-corrected chi connectivity index (χ1v) is 10.1. The van der Waals surface area contributed by atoms with E-state index in [0.29, 0.717) is 11.8 Å².